The Kier molecular flexibility index (Phi) is 5.10. The Balaban J connectivity index is 1.38. The van der Waals surface area contributed by atoms with Gasteiger partial charge < -0.3 is 20.1 Å². The molecule has 4 rings (SSSR count). The van der Waals surface area contributed by atoms with Crippen LogP contribution in [0.5, 0.6) is 11.5 Å². The Morgan fingerprint density at radius 3 is 2.69 bits per heavy atom. The first-order valence-electron chi connectivity index (χ1n) is 10.2. The highest BCUT2D eigenvalue weighted by Crippen LogP contribution is 2.34. The second-order valence-corrected chi connectivity index (χ2v) is 8.54. The molecule has 0 aromatic heterocycles. The van der Waals surface area contributed by atoms with Gasteiger partial charge in [0, 0.05) is 12.5 Å². The van der Waals surface area contributed by atoms with Crippen molar-refractivity contribution in [1.29, 1.82) is 0 Å². The van der Waals surface area contributed by atoms with E-state index in [-0.39, 0.29) is 25.3 Å². The van der Waals surface area contributed by atoms with E-state index in [1.807, 2.05) is 12.1 Å². The van der Waals surface area contributed by atoms with Gasteiger partial charge in [0.25, 0.3) is 5.91 Å². The Morgan fingerprint density at radius 2 is 1.93 bits per heavy atom. The molecule has 0 spiro atoms. The average molecular weight is 401 g/mol. The van der Waals surface area contributed by atoms with Gasteiger partial charge >= 0.3 is 6.03 Å². The molecule has 8 heteroatoms. The van der Waals surface area contributed by atoms with Gasteiger partial charge in [-0.25, -0.2) is 4.79 Å². The predicted molar refractivity (Wildman–Crippen MR) is 104 cm³/mol. The molecule has 1 unspecified atom stereocenters. The molecule has 2 fully saturated rings. The van der Waals surface area contributed by atoms with E-state index in [2.05, 4.69) is 17.6 Å². The molecule has 2 aliphatic heterocycles. The Bertz CT molecular complexity index is 834. The minimum Gasteiger partial charge on any atom is -0.454 e. The minimum atomic E-state index is -1.11. The maximum atomic E-state index is 13.0. The first-order chi connectivity index (χ1) is 13.8. The molecule has 1 atom stereocenters. The van der Waals surface area contributed by atoms with E-state index in [9.17, 15) is 14.4 Å². The fraction of sp³-hybridized carbons (Fsp3) is 0.571. The van der Waals surface area contributed by atoms with Crippen LogP contribution in [0.1, 0.15) is 45.1 Å². The highest BCUT2D eigenvalue weighted by Gasteiger charge is 2.48. The summed E-state index contributed by atoms with van der Waals surface area (Å²) in [5.74, 6) is 1.29. The summed E-state index contributed by atoms with van der Waals surface area (Å²) < 4.78 is 10.7. The number of carbonyl (C=O) groups excluding carboxylic acids is 3. The number of carbonyl (C=O) groups is 3. The molecular formula is C21H27N3O5. The molecule has 1 saturated heterocycles. The molecule has 3 aliphatic rings. The molecule has 2 N–H and O–H groups in total. The predicted octanol–water partition coefficient (Wildman–Crippen LogP) is 1.96. The summed E-state index contributed by atoms with van der Waals surface area (Å²) in [7, 11) is 0. The van der Waals surface area contributed by atoms with Gasteiger partial charge in [-0.1, -0.05) is 13.0 Å². The first-order valence-corrected chi connectivity index (χ1v) is 10.2. The van der Waals surface area contributed by atoms with Crippen LogP contribution >= 0.6 is 0 Å². The zero-order valence-corrected chi connectivity index (χ0v) is 16.8. The SMILES string of the molecule is CC1CCC(NC(=O)CN2C(=O)NC(C)(Cc3ccc4c(c3)OCO4)C2=O)CC1. The highest BCUT2D eigenvalue weighted by molar-refractivity contribution is 6.09. The summed E-state index contributed by atoms with van der Waals surface area (Å²) in [5, 5.41) is 5.72. The van der Waals surface area contributed by atoms with Crippen molar-refractivity contribution in [2.75, 3.05) is 13.3 Å². The van der Waals surface area contributed by atoms with Crippen molar-refractivity contribution in [3.05, 3.63) is 23.8 Å². The lowest BCUT2D eigenvalue weighted by atomic mass is 9.87. The summed E-state index contributed by atoms with van der Waals surface area (Å²) in [6, 6.07) is 5.04. The van der Waals surface area contributed by atoms with E-state index in [0.29, 0.717) is 23.8 Å². The molecule has 1 aliphatic carbocycles. The topological polar surface area (TPSA) is 97.0 Å². The van der Waals surface area contributed by atoms with Gasteiger partial charge in [0.1, 0.15) is 12.1 Å². The maximum Gasteiger partial charge on any atom is 0.325 e. The number of hydrogen-bond acceptors (Lipinski definition) is 5. The van der Waals surface area contributed by atoms with Crippen molar-refractivity contribution < 1.29 is 23.9 Å². The number of nitrogens with one attached hydrogen (secondary N) is 2. The lowest BCUT2D eigenvalue weighted by Gasteiger charge is -2.27. The lowest BCUT2D eigenvalue weighted by Crippen LogP contribution is -2.48. The van der Waals surface area contributed by atoms with E-state index in [1.54, 1.807) is 13.0 Å². The van der Waals surface area contributed by atoms with Crippen LogP contribution in [0.4, 0.5) is 4.79 Å². The number of fused-ring (bicyclic) bond motifs is 1. The third kappa shape index (κ3) is 4.02. The second kappa shape index (κ2) is 7.57. The largest absolute Gasteiger partial charge is 0.454 e. The molecule has 2 heterocycles. The molecule has 1 aromatic carbocycles. The number of imide groups is 1. The van der Waals surface area contributed by atoms with E-state index in [0.717, 1.165) is 36.1 Å². The van der Waals surface area contributed by atoms with Gasteiger partial charge in [0.2, 0.25) is 12.7 Å². The van der Waals surface area contributed by atoms with E-state index in [1.165, 1.54) is 0 Å². The minimum absolute atomic E-state index is 0.125. The molecule has 156 valence electrons. The van der Waals surface area contributed by atoms with Gasteiger partial charge in [0.05, 0.1) is 0 Å². The third-order valence-corrected chi connectivity index (χ3v) is 6.02. The summed E-state index contributed by atoms with van der Waals surface area (Å²) in [4.78, 5) is 38.8. The highest BCUT2D eigenvalue weighted by atomic mass is 16.7. The quantitative estimate of drug-likeness (QED) is 0.736. The van der Waals surface area contributed by atoms with Crippen LogP contribution in [0.15, 0.2) is 18.2 Å². The van der Waals surface area contributed by atoms with Crippen molar-refractivity contribution in [1.82, 2.24) is 15.5 Å². The Morgan fingerprint density at radius 1 is 1.21 bits per heavy atom. The zero-order chi connectivity index (χ0) is 20.6. The van der Waals surface area contributed by atoms with E-state index < -0.39 is 17.5 Å². The van der Waals surface area contributed by atoms with Crippen LogP contribution in [0.25, 0.3) is 0 Å². The van der Waals surface area contributed by atoms with Crippen molar-refractivity contribution >= 4 is 17.8 Å². The maximum absolute atomic E-state index is 13.0. The van der Waals surface area contributed by atoms with Crippen LogP contribution in [0, 0.1) is 5.92 Å². The van der Waals surface area contributed by atoms with Gasteiger partial charge in [-0.05, 0) is 56.2 Å². The van der Waals surface area contributed by atoms with Crippen molar-refractivity contribution in [2.24, 2.45) is 5.92 Å². The van der Waals surface area contributed by atoms with Gasteiger partial charge in [0.15, 0.2) is 11.5 Å². The second-order valence-electron chi connectivity index (χ2n) is 8.54. The number of nitrogens with zero attached hydrogens (tertiary/aromatic N) is 1. The molecule has 1 saturated carbocycles. The van der Waals surface area contributed by atoms with Gasteiger partial charge in [-0.2, -0.15) is 0 Å². The monoisotopic (exact) mass is 401 g/mol. The van der Waals surface area contributed by atoms with Crippen LogP contribution in [-0.2, 0) is 16.0 Å². The zero-order valence-electron chi connectivity index (χ0n) is 16.8. The van der Waals surface area contributed by atoms with Crippen LogP contribution in [-0.4, -0.2) is 47.7 Å². The molecule has 29 heavy (non-hydrogen) atoms. The molecular weight excluding hydrogens is 374 g/mol. The standard InChI is InChI=1S/C21H27N3O5/c1-13-3-6-15(7-4-13)22-18(25)11-24-19(26)21(2,23-20(24)27)10-14-5-8-16-17(9-14)29-12-28-16/h5,8-9,13,15H,3-4,6-7,10-12H2,1-2H3,(H,22,25)(H,23,27). The number of hydrogen-bond donors (Lipinski definition) is 2. The van der Waals surface area contributed by atoms with Gasteiger partial charge in [-0.3, -0.25) is 14.5 Å². The summed E-state index contributed by atoms with van der Waals surface area (Å²) in [6.07, 6.45) is 4.35. The number of benzene rings is 1. The Hall–Kier alpha value is -2.77. The smallest absolute Gasteiger partial charge is 0.325 e. The average Bonchev–Trinajstić information content (AvgIpc) is 3.22. The normalized spacial score (nSPS) is 28.4. The fourth-order valence-corrected chi connectivity index (χ4v) is 4.29. The van der Waals surface area contributed by atoms with Crippen molar-refractivity contribution in [3.63, 3.8) is 0 Å². The molecule has 0 radical (unpaired) electrons. The summed E-state index contributed by atoms with van der Waals surface area (Å²) in [5.41, 5.74) is -0.265. The third-order valence-electron chi connectivity index (χ3n) is 6.02. The van der Waals surface area contributed by atoms with Gasteiger partial charge in [-0.15, -0.1) is 0 Å². The fourth-order valence-electron chi connectivity index (χ4n) is 4.29. The van der Waals surface area contributed by atoms with Crippen LogP contribution in [0.2, 0.25) is 0 Å². The van der Waals surface area contributed by atoms with Crippen LogP contribution < -0.4 is 20.1 Å². The van der Waals surface area contributed by atoms with E-state index >= 15 is 0 Å². The Labute approximate surface area is 169 Å². The number of ether oxygens (including phenoxy) is 2. The number of amides is 4. The van der Waals surface area contributed by atoms with Crippen LogP contribution in [0.3, 0.4) is 0 Å². The molecule has 8 nitrogen and oxygen atoms in total. The van der Waals surface area contributed by atoms with Crippen molar-refractivity contribution in [3.8, 4) is 11.5 Å². The molecule has 0 bridgehead atoms. The molecule has 4 amide bonds. The van der Waals surface area contributed by atoms with E-state index in [4.69, 9.17) is 9.47 Å². The summed E-state index contributed by atoms with van der Waals surface area (Å²) >= 11 is 0. The number of urea groups is 1. The first kappa shape index (κ1) is 19.5. The number of rotatable bonds is 5. The lowest BCUT2D eigenvalue weighted by molar-refractivity contribution is -0.134. The van der Waals surface area contributed by atoms with Crippen molar-refractivity contribution in [2.45, 2.75) is 57.5 Å². The molecule has 1 aromatic rings. The summed E-state index contributed by atoms with van der Waals surface area (Å²) in [6.45, 7) is 3.81.